The van der Waals surface area contributed by atoms with Crippen molar-refractivity contribution in [3.05, 3.63) is 16.1 Å². The zero-order chi connectivity index (χ0) is 12.4. The smallest absolute Gasteiger partial charge is 0.161 e. The normalized spacial score (nSPS) is 19.8. The Morgan fingerprint density at radius 1 is 1.53 bits per heavy atom. The number of methoxy groups -OCH3 is 1. The van der Waals surface area contributed by atoms with Gasteiger partial charge in [0.25, 0.3) is 0 Å². The van der Waals surface area contributed by atoms with E-state index in [1.807, 2.05) is 0 Å². The maximum absolute atomic E-state index is 6.13. The Labute approximate surface area is 110 Å². The molecule has 0 bridgehead atoms. The highest BCUT2D eigenvalue weighted by Crippen LogP contribution is 2.32. The van der Waals surface area contributed by atoms with Crippen molar-refractivity contribution in [2.45, 2.75) is 12.5 Å². The largest absolute Gasteiger partial charge is 0.380 e. The monoisotopic (exact) mass is 276 g/mol. The number of hydrogen-bond donors (Lipinski definition) is 2. The second kappa shape index (κ2) is 5.27. The minimum absolute atomic E-state index is 0.220. The van der Waals surface area contributed by atoms with Gasteiger partial charge in [-0.05, 0) is 12.5 Å². The van der Waals surface area contributed by atoms with Crippen LogP contribution in [-0.4, -0.2) is 31.3 Å². The number of anilines is 2. The van der Waals surface area contributed by atoms with Gasteiger partial charge in [0, 0.05) is 20.2 Å². The van der Waals surface area contributed by atoms with Crippen LogP contribution in [-0.2, 0) is 4.74 Å². The Kier molecular flexibility index (Phi) is 3.93. The van der Waals surface area contributed by atoms with E-state index in [-0.39, 0.29) is 6.10 Å². The van der Waals surface area contributed by atoms with Crippen LogP contribution >= 0.6 is 23.2 Å². The molecule has 0 aliphatic carbocycles. The molecule has 0 spiro atoms. The summed E-state index contributed by atoms with van der Waals surface area (Å²) in [5, 5.41) is 0.925. The molecule has 1 aliphatic rings. The number of ether oxygens (including phenoxy) is 1. The molecular weight excluding hydrogens is 263 g/mol. The van der Waals surface area contributed by atoms with Gasteiger partial charge in [-0.15, -0.1) is 0 Å². The fourth-order valence-corrected chi connectivity index (χ4v) is 2.43. The third kappa shape index (κ3) is 2.57. The fourth-order valence-electron chi connectivity index (χ4n) is 1.89. The van der Waals surface area contributed by atoms with Gasteiger partial charge in [0.1, 0.15) is 5.82 Å². The van der Waals surface area contributed by atoms with Crippen molar-refractivity contribution in [3.8, 4) is 0 Å². The van der Waals surface area contributed by atoms with Gasteiger partial charge < -0.3 is 15.1 Å². The highest BCUT2D eigenvalue weighted by molar-refractivity contribution is 6.37. The van der Waals surface area contributed by atoms with E-state index in [4.69, 9.17) is 33.8 Å². The first-order valence-corrected chi connectivity index (χ1v) is 6.01. The third-order valence-electron chi connectivity index (χ3n) is 2.83. The van der Waals surface area contributed by atoms with Crippen molar-refractivity contribution in [2.75, 3.05) is 30.5 Å². The lowest BCUT2D eigenvalue weighted by atomic mass is 10.3. The number of nitrogen functional groups attached to an aromatic ring is 1. The van der Waals surface area contributed by atoms with Crippen molar-refractivity contribution >= 4 is 34.8 Å². The molecule has 0 saturated carbocycles. The summed E-state index contributed by atoms with van der Waals surface area (Å²) in [4.78, 5) is 6.37. The summed E-state index contributed by atoms with van der Waals surface area (Å²) in [6, 6.07) is 1.64. The molecule has 2 heterocycles. The summed E-state index contributed by atoms with van der Waals surface area (Å²) < 4.78 is 5.30. The standard InChI is InChI=1S/C10H14Cl2N4O/c1-17-6-2-3-16(5-6)10-8(12)4-7(11)9(14-10)15-13/h4,6H,2-3,5,13H2,1H3,(H,14,15). The van der Waals surface area contributed by atoms with Crippen LogP contribution in [0.5, 0.6) is 0 Å². The van der Waals surface area contributed by atoms with E-state index in [2.05, 4.69) is 15.3 Å². The predicted octanol–water partition coefficient (Wildman–Crippen LogP) is 1.90. The molecule has 1 aliphatic heterocycles. The second-order valence-electron chi connectivity index (χ2n) is 3.86. The minimum atomic E-state index is 0.220. The number of pyridine rings is 1. The molecule has 1 aromatic rings. The maximum Gasteiger partial charge on any atom is 0.161 e. The molecule has 0 radical (unpaired) electrons. The molecule has 0 aromatic carbocycles. The lowest BCUT2D eigenvalue weighted by Gasteiger charge is -2.19. The fraction of sp³-hybridized carbons (Fsp3) is 0.500. The quantitative estimate of drug-likeness (QED) is 0.652. The van der Waals surface area contributed by atoms with Crippen LogP contribution in [0.25, 0.3) is 0 Å². The highest BCUT2D eigenvalue weighted by Gasteiger charge is 2.25. The van der Waals surface area contributed by atoms with Crippen LogP contribution in [0.3, 0.4) is 0 Å². The van der Waals surface area contributed by atoms with E-state index in [1.54, 1.807) is 13.2 Å². The minimum Gasteiger partial charge on any atom is -0.380 e. The van der Waals surface area contributed by atoms with Gasteiger partial charge in [-0.25, -0.2) is 10.8 Å². The molecule has 1 unspecified atom stereocenters. The summed E-state index contributed by atoms with van der Waals surface area (Å²) in [5.41, 5.74) is 2.45. The average Bonchev–Trinajstić information content (AvgIpc) is 2.78. The van der Waals surface area contributed by atoms with E-state index in [0.29, 0.717) is 21.7 Å². The first kappa shape index (κ1) is 12.7. The Hall–Kier alpha value is -0.750. The van der Waals surface area contributed by atoms with Crippen molar-refractivity contribution in [3.63, 3.8) is 0 Å². The highest BCUT2D eigenvalue weighted by atomic mass is 35.5. The Morgan fingerprint density at radius 3 is 2.88 bits per heavy atom. The number of nitrogens with one attached hydrogen (secondary N) is 1. The summed E-state index contributed by atoms with van der Waals surface area (Å²) in [6.45, 7) is 1.63. The molecule has 0 amide bonds. The van der Waals surface area contributed by atoms with Gasteiger partial charge in [0.2, 0.25) is 0 Å². The molecule has 2 rings (SSSR count). The zero-order valence-corrected chi connectivity index (χ0v) is 10.9. The molecule has 94 valence electrons. The number of rotatable bonds is 3. The van der Waals surface area contributed by atoms with E-state index in [9.17, 15) is 0 Å². The summed E-state index contributed by atoms with van der Waals surface area (Å²) in [6.07, 6.45) is 1.18. The Bertz CT molecular complexity index is 416. The average molecular weight is 277 g/mol. The molecule has 5 nitrogen and oxygen atoms in total. The van der Waals surface area contributed by atoms with Gasteiger partial charge in [-0.2, -0.15) is 0 Å². The molecule has 1 atom stereocenters. The molecule has 3 N–H and O–H groups in total. The zero-order valence-electron chi connectivity index (χ0n) is 9.41. The van der Waals surface area contributed by atoms with E-state index < -0.39 is 0 Å². The van der Waals surface area contributed by atoms with Crippen LogP contribution in [0.15, 0.2) is 6.07 Å². The topological polar surface area (TPSA) is 63.4 Å². The maximum atomic E-state index is 6.13. The van der Waals surface area contributed by atoms with E-state index in [0.717, 1.165) is 19.5 Å². The number of hydrazine groups is 1. The van der Waals surface area contributed by atoms with Crippen LogP contribution in [0.4, 0.5) is 11.6 Å². The molecule has 1 saturated heterocycles. The van der Waals surface area contributed by atoms with Gasteiger partial charge in [-0.1, -0.05) is 23.2 Å². The van der Waals surface area contributed by atoms with Crippen molar-refractivity contribution in [1.82, 2.24) is 4.98 Å². The van der Waals surface area contributed by atoms with Crippen LogP contribution in [0.2, 0.25) is 10.0 Å². The second-order valence-corrected chi connectivity index (χ2v) is 4.68. The van der Waals surface area contributed by atoms with Gasteiger partial charge >= 0.3 is 0 Å². The third-order valence-corrected chi connectivity index (χ3v) is 3.39. The predicted molar refractivity (Wildman–Crippen MR) is 69.7 cm³/mol. The van der Waals surface area contributed by atoms with Crippen LogP contribution in [0, 0.1) is 0 Å². The van der Waals surface area contributed by atoms with Gasteiger partial charge in [0.15, 0.2) is 5.82 Å². The van der Waals surface area contributed by atoms with Gasteiger partial charge in [-0.3, -0.25) is 0 Å². The lowest BCUT2D eigenvalue weighted by Crippen LogP contribution is -2.24. The number of aromatic nitrogens is 1. The SMILES string of the molecule is COC1CCN(c2nc(NN)c(Cl)cc2Cl)C1. The molecular formula is C10H14Cl2N4O. The summed E-state index contributed by atoms with van der Waals surface area (Å²) >= 11 is 12.1. The summed E-state index contributed by atoms with van der Waals surface area (Å²) in [5.74, 6) is 6.45. The molecule has 1 fully saturated rings. The van der Waals surface area contributed by atoms with E-state index >= 15 is 0 Å². The number of nitrogens with two attached hydrogens (primary N) is 1. The summed E-state index contributed by atoms with van der Waals surface area (Å²) in [7, 11) is 1.71. The van der Waals surface area contributed by atoms with Gasteiger partial charge in [0.05, 0.1) is 16.1 Å². The first-order chi connectivity index (χ1) is 8.15. The molecule has 1 aromatic heterocycles. The Morgan fingerprint density at radius 2 is 2.29 bits per heavy atom. The number of hydrogen-bond acceptors (Lipinski definition) is 5. The van der Waals surface area contributed by atoms with Crippen molar-refractivity contribution < 1.29 is 4.74 Å². The van der Waals surface area contributed by atoms with Crippen molar-refractivity contribution in [2.24, 2.45) is 5.84 Å². The van der Waals surface area contributed by atoms with Crippen LogP contribution in [0.1, 0.15) is 6.42 Å². The molecule has 7 heteroatoms. The lowest BCUT2D eigenvalue weighted by molar-refractivity contribution is 0.121. The number of halogens is 2. The number of nitrogens with zero attached hydrogens (tertiary/aromatic N) is 2. The van der Waals surface area contributed by atoms with Crippen molar-refractivity contribution in [1.29, 1.82) is 0 Å². The Balaban J connectivity index is 2.26. The molecule has 17 heavy (non-hydrogen) atoms. The first-order valence-electron chi connectivity index (χ1n) is 5.26. The van der Waals surface area contributed by atoms with E-state index in [1.165, 1.54) is 0 Å². The van der Waals surface area contributed by atoms with Crippen LogP contribution < -0.4 is 16.2 Å².